The van der Waals surface area contributed by atoms with E-state index in [-0.39, 0.29) is 38.7 Å². The number of para-hydroxylation sites is 3. The molecule has 12 rings (SSSR count). The predicted molar refractivity (Wildman–Crippen MR) is 435 cm³/mol. The highest BCUT2D eigenvalue weighted by Crippen LogP contribution is 2.44. The summed E-state index contributed by atoms with van der Waals surface area (Å²) in [6.07, 6.45) is 20.9. The van der Waals surface area contributed by atoms with Gasteiger partial charge in [-0.25, -0.2) is 40.2 Å². The maximum absolute atomic E-state index is 13.3. The van der Waals surface area contributed by atoms with Crippen LogP contribution in [-0.2, 0) is 30.1 Å². The Morgan fingerprint density at radius 3 is 1.05 bits per heavy atom. The maximum Gasteiger partial charge on any atom is 0.263 e. The van der Waals surface area contributed by atoms with Crippen molar-refractivity contribution in [2.45, 2.75) is 225 Å². The molecule has 554 valence electrons. The number of sulfonamides is 3. The number of hydrogen-bond donors (Lipinski definition) is 6. The van der Waals surface area contributed by atoms with E-state index in [9.17, 15) is 25.3 Å². The van der Waals surface area contributed by atoms with Crippen LogP contribution in [0.3, 0.4) is 0 Å². The first-order chi connectivity index (χ1) is 48.2. The standard InChI is InChI=1S/C27H35N3O2S2.C26H32ClN3O2S2.C25H31ClN4O2S2.CH4/c1-18-11-9-10-14-23(18)30-34(31,32)24-17-21(16-15-19(24)2)25-20(3)28-26(33-25)29-27(4,5)22-12-7-6-8-13-22;1-17-14-15-19(16-23(17)34(31,32)30-22-13-9-8-12-21(22)27)24-18(2)28-25(33-24)29-26(3,4)20-10-6-5-7-11-20;1-16-22(34(31,32)30-21-13-9-8-12-20(21)26)14-18(15-27-16)23-17(2)28-24(33-23)29-25(3,4)19-10-6-5-7-11-19;/h9-11,14-17,22,30H,6-8,12-13H2,1-5H3,(H,28,29);8-9,12-16,20,30H,5-7,10-11H2,1-4H3,(H,28,29);8-9,12-15,19,30H,5-7,10-11H2,1-4H3,(H,28,29);1H4. The fourth-order valence-electron chi connectivity index (χ4n) is 14.1. The molecule has 3 saturated carbocycles. The minimum absolute atomic E-state index is 0. The second-order valence-corrected chi connectivity index (χ2v) is 38.0. The first-order valence-corrected chi connectivity index (χ1v) is 42.9. The van der Waals surface area contributed by atoms with Crippen molar-refractivity contribution in [1.29, 1.82) is 0 Å². The van der Waals surface area contributed by atoms with Gasteiger partial charge in [0.1, 0.15) is 4.90 Å². The van der Waals surface area contributed by atoms with Crippen LogP contribution < -0.4 is 30.1 Å². The monoisotopic (exact) mass is 1550 g/mol. The highest BCUT2D eigenvalue weighted by Gasteiger charge is 2.35. The zero-order chi connectivity index (χ0) is 73.5. The average molecular weight is 1550 g/mol. The molecule has 0 spiro atoms. The number of pyridine rings is 1. The molecule has 4 heterocycles. The molecule has 0 saturated heterocycles. The van der Waals surface area contributed by atoms with Gasteiger partial charge >= 0.3 is 0 Å². The van der Waals surface area contributed by atoms with Gasteiger partial charge in [0.05, 0.1) is 74.3 Å². The van der Waals surface area contributed by atoms with Crippen molar-refractivity contribution in [3.05, 3.63) is 171 Å². The number of rotatable bonds is 21. The van der Waals surface area contributed by atoms with Gasteiger partial charge in [-0.15, -0.1) is 0 Å². The second kappa shape index (κ2) is 33.9. The minimum Gasteiger partial charge on any atom is -0.356 e. The van der Waals surface area contributed by atoms with Crippen molar-refractivity contribution in [3.8, 4) is 31.3 Å². The molecule has 16 nitrogen and oxygen atoms in total. The lowest BCUT2D eigenvalue weighted by molar-refractivity contribution is 0.258. The number of halogens is 2. The summed E-state index contributed by atoms with van der Waals surface area (Å²) in [5.41, 5.74) is 8.93. The van der Waals surface area contributed by atoms with Gasteiger partial charge in [-0.05, 0) is 223 Å². The zero-order valence-corrected chi connectivity index (χ0v) is 67.2. The van der Waals surface area contributed by atoms with Crippen LogP contribution in [0.5, 0.6) is 0 Å². The van der Waals surface area contributed by atoms with Gasteiger partial charge in [-0.3, -0.25) is 19.2 Å². The summed E-state index contributed by atoms with van der Waals surface area (Å²) in [5, 5.41) is 14.3. The lowest BCUT2D eigenvalue weighted by Crippen LogP contribution is -2.40. The molecule has 9 aromatic rings. The van der Waals surface area contributed by atoms with Crippen molar-refractivity contribution >= 4 is 120 Å². The fraction of sp³-hybridized carbons (Fsp3) is 0.443. The Morgan fingerprint density at radius 2 is 0.689 bits per heavy atom. The molecule has 4 aromatic heterocycles. The van der Waals surface area contributed by atoms with Gasteiger partial charge < -0.3 is 16.0 Å². The molecule has 0 radical (unpaired) electrons. The van der Waals surface area contributed by atoms with E-state index in [4.69, 9.17) is 38.2 Å². The van der Waals surface area contributed by atoms with E-state index >= 15 is 0 Å². The van der Waals surface area contributed by atoms with Crippen LogP contribution in [0.4, 0.5) is 32.5 Å². The highest BCUT2D eigenvalue weighted by atomic mass is 35.5. The third-order valence-electron chi connectivity index (χ3n) is 20.3. The minimum atomic E-state index is -3.87. The van der Waals surface area contributed by atoms with Crippen LogP contribution >= 0.6 is 57.2 Å². The maximum atomic E-state index is 13.3. The normalized spacial score (nSPS) is 15.2. The van der Waals surface area contributed by atoms with Crippen LogP contribution in [0.1, 0.15) is 185 Å². The van der Waals surface area contributed by atoms with E-state index in [2.05, 4.69) is 76.6 Å². The number of benzene rings is 5. The summed E-state index contributed by atoms with van der Waals surface area (Å²) in [5.74, 6) is 1.88. The Labute approximate surface area is 635 Å². The third-order valence-corrected chi connectivity index (χ3v) is 28.8. The number of nitrogens with one attached hydrogen (secondary N) is 6. The van der Waals surface area contributed by atoms with Crippen molar-refractivity contribution in [2.24, 2.45) is 17.8 Å². The molecule has 6 N–H and O–H groups in total. The first-order valence-electron chi connectivity index (χ1n) is 35.3. The van der Waals surface area contributed by atoms with Crippen molar-refractivity contribution in [1.82, 2.24) is 19.9 Å². The number of thiazole rings is 3. The molecular formula is C79H102Cl2N10O6S6. The molecular weight excluding hydrogens is 1450 g/mol. The van der Waals surface area contributed by atoms with Gasteiger partial charge in [-0.2, -0.15) is 0 Å². The molecule has 0 amide bonds. The summed E-state index contributed by atoms with van der Waals surface area (Å²) >= 11 is 17.0. The van der Waals surface area contributed by atoms with Crippen molar-refractivity contribution in [3.63, 3.8) is 0 Å². The largest absolute Gasteiger partial charge is 0.356 e. The fourth-order valence-corrected chi connectivity index (χ4v) is 22.0. The number of anilines is 6. The molecule has 0 aliphatic heterocycles. The molecule has 5 aromatic carbocycles. The summed E-state index contributed by atoms with van der Waals surface area (Å²) in [6.45, 7) is 26.7. The van der Waals surface area contributed by atoms with E-state index < -0.39 is 30.1 Å². The SMILES string of the molecule is C.Cc1ccc(-c2sc(NC(C)(C)C3CCCCC3)nc2C)cc1S(=O)(=O)Nc1ccccc1Cl.Cc1ccccc1NS(=O)(=O)c1cc(-c2sc(NC(C)(C)C3CCCCC3)nc2C)ccc1C.Cc1ncc(-c2sc(NC(C)(C)C3CCCCC3)nc2C)cc1S(=O)(=O)Nc1ccccc1Cl. The van der Waals surface area contributed by atoms with E-state index in [1.807, 2.05) is 77.1 Å². The quantitative estimate of drug-likeness (QED) is 0.0394. The topological polar surface area (TPSA) is 226 Å². The first kappa shape index (κ1) is 80.5. The molecule has 3 fully saturated rings. The molecule has 0 bridgehead atoms. The summed E-state index contributed by atoms with van der Waals surface area (Å²) in [7, 11) is -11.4. The van der Waals surface area contributed by atoms with Gasteiger partial charge in [0.15, 0.2) is 15.4 Å². The van der Waals surface area contributed by atoms with Gasteiger partial charge in [0.2, 0.25) is 0 Å². The van der Waals surface area contributed by atoms with E-state index in [0.717, 1.165) is 69.4 Å². The van der Waals surface area contributed by atoms with E-state index in [1.165, 1.54) is 108 Å². The van der Waals surface area contributed by atoms with Crippen LogP contribution in [0.15, 0.2) is 136 Å². The Bertz CT molecular complexity index is 4310. The van der Waals surface area contributed by atoms with Gasteiger partial charge in [0, 0.05) is 28.4 Å². The highest BCUT2D eigenvalue weighted by molar-refractivity contribution is 7.93. The summed E-state index contributed by atoms with van der Waals surface area (Å²) in [4.78, 5) is 22.2. The molecule has 3 aliphatic rings. The second-order valence-electron chi connectivity index (χ2n) is 29.2. The van der Waals surface area contributed by atoms with Gasteiger partial charge in [-0.1, -0.05) is 189 Å². The molecule has 103 heavy (non-hydrogen) atoms. The summed E-state index contributed by atoms with van der Waals surface area (Å²) < 4.78 is 87.3. The van der Waals surface area contributed by atoms with Crippen molar-refractivity contribution < 1.29 is 25.3 Å². The Hall–Kier alpha value is -6.63. The van der Waals surface area contributed by atoms with Crippen LogP contribution in [0.2, 0.25) is 10.0 Å². The van der Waals surface area contributed by atoms with Gasteiger partial charge in [0.25, 0.3) is 30.1 Å². The Morgan fingerprint density at radius 1 is 0.379 bits per heavy atom. The predicted octanol–water partition coefficient (Wildman–Crippen LogP) is 22.6. The van der Waals surface area contributed by atoms with Crippen LogP contribution in [0, 0.1) is 66.2 Å². The molecule has 3 aliphatic carbocycles. The van der Waals surface area contributed by atoms with E-state index in [0.29, 0.717) is 61.7 Å². The molecule has 0 atom stereocenters. The summed E-state index contributed by atoms with van der Waals surface area (Å²) in [6, 6.07) is 33.8. The Balaban J connectivity index is 0.000000179. The molecule has 24 heteroatoms. The van der Waals surface area contributed by atoms with E-state index in [1.54, 1.807) is 116 Å². The lowest BCUT2D eigenvalue weighted by atomic mass is 9.77. The number of hydrogen-bond acceptors (Lipinski definition) is 16. The molecule has 0 unspecified atom stereocenters. The number of aryl methyl sites for hydroxylation is 7. The van der Waals surface area contributed by atoms with Crippen LogP contribution in [0.25, 0.3) is 31.3 Å². The smallest absolute Gasteiger partial charge is 0.263 e. The average Bonchev–Trinajstić information content (AvgIpc) is 1.77. The zero-order valence-electron chi connectivity index (χ0n) is 60.8. The van der Waals surface area contributed by atoms with Crippen molar-refractivity contribution in [2.75, 3.05) is 30.1 Å². The number of nitrogens with zero attached hydrogens (tertiary/aromatic N) is 4. The third kappa shape index (κ3) is 20.1. The Kier molecular flexibility index (Phi) is 26.5. The number of aromatic nitrogens is 4. The lowest BCUT2D eigenvalue weighted by Gasteiger charge is -2.37. The van der Waals surface area contributed by atoms with Crippen LogP contribution in [-0.4, -0.2) is 61.8 Å².